The number of thiophene rings is 1. The summed E-state index contributed by atoms with van der Waals surface area (Å²) >= 11 is 1.88. The third-order valence-corrected chi connectivity index (χ3v) is 15.0. The quantitative estimate of drug-likeness (QED) is 0.152. The molecule has 0 atom stereocenters. The predicted molar refractivity (Wildman–Crippen MR) is 274 cm³/mol. The molecule has 0 bridgehead atoms. The number of fused-ring (bicyclic) bond motifs is 3. The molecule has 0 nitrogen and oxygen atoms in total. The zero-order chi connectivity index (χ0) is 41.2. The van der Waals surface area contributed by atoms with E-state index < -0.39 is 0 Å². The van der Waals surface area contributed by atoms with E-state index in [9.17, 15) is 0 Å². The molecule has 0 aliphatic carbocycles. The topological polar surface area (TPSA) is 0 Å². The molecule has 13 aromatic carbocycles. The molecule has 0 N–H and O–H groups in total. The van der Waals surface area contributed by atoms with Crippen LogP contribution >= 0.6 is 11.3 Å². The highest BCUT2D eigenvalue weighted by Crippen LogP contribution is 2.46. The fourth-order valence-corrected chi connectivity index (χ4v) is 11.9. The van der Waals surface area contributed by atoms with E-state index in [0.717, 1.165) is 0 Å². The van der Waals surface area contributed by atoms with Crippen LogP contribution in [-0.4, -0.2) is 0 Å². The van der Waals surface area contributed by atoms with Gasteiger partial charge in [0.1, 0.15) is 0 Å². The summed E-state index contributed by atoms with van der Waals surface area (Å²) in [6.07, 6.45) is 0. The average Bonchev–Trinajstić information content (AvgIpc) is 3.72. The SMILES string of the molecule is c1ccc(-c2ccc3ccc4c(-c5ccc(-c6ccc7sc8ccc(-c9ccc%10ccc%11c(-c%12ccccc%12)ccc%12ccc9c%10c%12%11)cc8c7c6)cc5)ccc5ccc2c3c54)cc1. The minimum Gasteiger partial charge on any atom is -0.135 e. The molecule has 0 aliphatic rings. The second kappa shape index (κ2) is 13.3. The first-order valence-electron chi connectivity index (χ1n) is 21.8. The monoisotopic (exact) mass is 812 g/mol. The molecule has 0 aliphatic heterocycles. The maximum Gasteiger partial charge on any atom is 0.0355 e. The van der Waals surface area contributed by atoms with Gasteiger partial charge in [-0.05, 0) is 145 Å². The van der Waals surface area contributed by atoms with Crippen LogP contribution in [0.3, 0.4) is 0 Å². The molecule has 0 spiro atoms. The normalized spacial score (nSPS) is 12.1. The minimum absolute atomic E-state index is 1.23. The van der Waals surface area contributed by atoms with E-state index in [0.29, 0.717) is 0 Å². The molecule has 14 rings (SSSR count). The molecule has 1 heterocycles. The number of hydrogen-bond acceptors (Lipinski definition) is 1. The van der Waals surface area contributed by atoms with Crippen molar-refractivity contribution in [3.05, 3.63) is 218 Å². The van der Waals surface area contributed by atoms with Crippen LogP contribution in [0.1, 0.15) is 0 Å². The zero-order valence-electron chi connectivity index (χ0n) is 34.2. The average molecular weight is 813 g/mol. The molecule has 0 fully saturated rings. The van der Waals surface area contributed by atoms with Gasteiger partial charge >= 0.3 is 0 Å². The van der Waals surface area contributed by atoms with Crippen LogP contribution in [0, 0.1) is 0 Å². The summed E-state index contributed by atoms with van der Waals surface area (Å²) in [5, 5.41) is 18.4. The summed E-state index contributed by atoms with van der Waals surface area (Å²) in [5.74, 6) is 0. The van der Waals surface area contributed by atoms with Gasteiger partial charge in [-0.3, -0.25) is 0 Å². The van der Waals surface area contributed by atoms with Gasteiger partial charge in [0.15, 0.2) is 0 Å². The van der Waals surface area contributed by atoms with Crippen LogP contribution in [0.25, 0.3) is 140 Å². The van der Waals surface area contributed by atoms with E-state index in [1.165, 1.54) is 140 Å². The minimum atomic E-state index is 1.23. The number of hydrogen-bond donors (Lipinski definition) is 0. The zero-order valence-corrected chi connectivity index (χ0v) is 35.0. The van der Waals surface area contributed by atoms with Crippen molar-refractivity contribution >= 4 is 96.1 Å². The Balaban J connectivity index is 0.853. The summed E-state index contributed by atoms with van der Waals surface area (Å²) < 4.78 is 2.63. The predicted octanol–water partition coefficient (Wildman–Crippen LogP) is 18.2. The fourth-order valence-electron chi connectivity index (χ4n) is 10.8. The molecule has 14 aromatic rings. The van der Waals surface area contributed by atoms with Crippen molar-refractivity contribution in [3.63, 3.8) is 0 Å². The third-order valence-electron chi connectivity index (χ3n) is 13.8. The number of rotatable bonds is 5. The van der Waals surface area contributed by atoms with Gasteiger partial charge in [0, 0.05) is 20.2 Å². The van der Waals surface area contributed by atoms with Gasteiger partial charge in [-0.25, -0.2) is 0 Å². The number of benzene rings is 13. The maximum atomic E-state index is 2.43. The van der Waals surface area contributed by atoms with E-state index >= 15 is 0 Å². The Morgan fingerprint density at radius 1 is 0.206 bits per heavy atom. The molecule has 0 radical (unpaired) electrons. The Bertz CT molecular complexity index is 4100. The molecule has 0 saturated heterocycles. The lowest BCUT2D eigenvalue weighted by Gasteiger charge is -2.16. The first-order valence-corrected chi connectivity index (χ1v) is 22.6. The Morgan fingerprint density at radius 2 is 0.524 bits per heavy atom. The van der Waals surface area contributed by atoms with Crippen molar-refractivity contribution in [2.45, 2.75) is 0 Å². The second-order valence-electron chi connectivity index (χ2n) is 17.1. The Kier molecular flexibility index (Phi) is 7.37. The van der Waals surface area contributed by atoms with E-state index in [1.54, 1.807) is 0 Å². The summed E-state index contributed by atoms with van der Waals surface area (Å²) in [6.45, 7) is 0. The highest BCUT2D eigenvalue weighted by Gasteiger charge is 2.18. The Labute approximate surface area is 368 Å². The van der Waals surface area contributed by atoms with Gasteiger partial charge < -0.3 is 0 Å². The van der Waals surface area contributed by atoms with E-state index in [4.69, 9.17) is 0 Å². The van der Waals surface area contributed by atoms with Crippen molar-refractivity contribution < 1.29 is 0 Å². The van der Waals surface area contributed by atoms with Gasteiger partial charge in [0.2, 0.25) is 0 Å². The lowest BCUT2D eigenvalue weighted by Crippen LogP contribution is -1.89. The van der Waals surface area contributed by atoms with Gasteiger partial charge in [-0.2, -0.15) is 0 Å². The molecule has 63 heavy (non-hydrogen) atoms. The summed E-state index contributed by atoms with van der Waals surface area (Å²) in [6, 6.07) is 81.7. The van der Waals surface area contributed by atoms with E-state index in [-0.39, 0.29) is 0 Å². The summed E-state index contributed by atoms with van der Waals surface area (Å²) in [7, 11) is 0. The first-order chi connectivity index (χ1) is 31.2. The van der Waals surface area contributed by atoms with Gasteiger partial charge in [0.25, 0.3) is 0 Å². The lowest BCUT2D eigenvalue weighted by atomic mass is 9.87. The molecule has 290 valence electrons. The maximum absolute atomic E-state index is 2.43. The summed E-state index contributed by atoms with van der Waals surface area (Å²) in [5.41, 5.74) is 12.6. The Morgan fingerprint density at radius 3 is 0.952 bits per heavy atom. The smallest absolute Gasteiger partial charge is 0.0355 e. The van der Waals surface area contributed by atoms with E-state index in [1.807, 2.05) is 11.3 Å². The first kappa shape index (κ1) is 34.8. The molecule has 0 unspecified atom stereocenters. The van der Waals surface area contributed by atoms with Crippen molar-refractivity contribution in [1.82, 2.24) is 0 Å². The van der Waals surface area contributed by atoms with Crippen LogP contribution in [-0.2, 0) is 0 Å². The molecule has 0 saturated carbocycles. The molecule has 1 aromatic heterocycles. The van der Waals surface area contributed by atoms with Crippen molar-refractivity contribution in [1.29, 1.82) is 0 Å². The molecule has 1 heteroatoms. The van der Waals surface area contributed by atoms with Crippen molar-refractivity contribution in [3.8, 4) is 55.6 Å². The van der Waals surface area contributed by atoms with Crippen molar-refractivity contribution in [2.75, 3.05) is 0 Å². The molecule has 0 amide bonds. The third kappa shape index (κ3) is 5.21. The highest BCUT2D eigenvalue weighted by molar-refractivity contribution is 7.25. The van der Waals surface area contributed by atoms with Crippen LogP contribution in [0.2, 0.25) is 0 Å². The van der Waals surface area contributed by atoms with Crippen LogP contribution in [0.5, 0.6) is 0 Å². The van der Waals surface area contributed by atoms with Crippen LogP contribution in [0.15, 0.2) is 218 Å². The van der Waals surface area contributed by atoms with Gasteiger partial charge in [0.05, 0.1) is 0 Å². The second-order valence-corrected chi connectivity index (χ2v) is 18.2. The summed E-state index contributed by atoms with van der Waals surface area (Å²) in [4.78, 5) is 0. The molecular weight excluding hydrogens is 777 g/mol. The standard InChI is InChI=1S/C62H36S/c1-3-7-38(8-4-1)47-25-15-41-21-31-53-49(27-17-43-19-29-51(47)59(41)61(43)53)40-13-11-37(12-14-40)45-23-33-57-55(35-45)56-36-46(24-34-58(56)63-57)50-28-18-44-20-30-52-48(39-9-5-2-6-10-39)26-16-42-22-32-54(50)62(44)60(42)52/h1-36H. The van der Waals surface area contributed by atoms with E-state index in [2.05, 4.69) is 218 Å². The van der Waals surface area contributed by atoms with Gasteiger partial charge in [-0.15, -0.1) is 11.3 Å². The van der Waals surface area contributed by atoms with Gasteiger partial charge in [-0.1, -0.05) is 194 Å². The fraction of sp³-hybridized carbons (Fsp3) is 0. The van der Waals surface area contributed by atoms with Crippen LogP contribution in [0.4, 0.5) is 0 Å². The Hall–Kier alpha value is -7.84. The van der Waals surface area contributed by atoms with Crippen LogP contribution < -0.4 is 0 Å². The molecular formula is C62H36S. The lowest BCUT2D eigenvalue weighted by molar-refractivity contribution is 1.63. The van der Waals surface area contributed by atoms with Crippen molar-refractivity contribution in [2.24, 2.45) is 0 Å². The highest BCUT2D eigenvalue weighted by atomic mass is 32.1. The largest absolute Gasteiger partial charge is 0.135 e.